The topological polar surface area (TPSA) is 83.4 Å². The number of halogens is 5. The van der Waals surface area contributed by atoms with Gasteiger partial charge >= 0.3 is 6.18 Å². The summed E-state index contributed by atoms with van der Waals surface area (Å²) < 4.78 is 31.5. The van der Waals surface area contributed by atoms with Gasteiger partial charge in [-0.2, -0.15) is 13.2 Å². The average molecular weight is 563 g/mol. The summed E-state index contributed by atoms with van der Waals surface area (Å²) in [6, 6.07) is 23.3. The van der Waals surface area contributed by atoms with Gasteiger partial charge in [0.25, 0.3) is 5.91 Å². The predicted octanol–water partition coefficient (Wildman–Crippen LogP) is 5.40. The number of H-pyrrole nitrogens is 1. The van der Waals surface area contributed by atoms with Crippen molar-refractivity contribution in [3.05, 3.63) is 112 Å². The second-order valence-corrected chi connectivity index (χ2v) is 9.36. The van der Waals surface area contributed by atoms with Crippen molar-refractivity contribution in [2.75, 3.05) is 0 Å². The summed E-state index contributed by atoms with van der Waals surface area (Å²) in [5.41, 5.74) is 2.94. The molecule has 1 heterocycles. The van der Waals surface area contributed by atoms with E-state index in [1.807, 2.05) is 92.1 Å². The number of aliphatic carboxylic acids is 1. The lowest BCUT2D eigenvalue weighted by molar-refractivity contribution is -0.375. The molecular weight excluding hydrogens is 540 g/mol. The van der Waals surface area contributed by atoms with Gasteiger partial charge in [0, 0.05) is 28.1 Å². The van der Waals surface area contributed by atoms with Gasteiger partial charge in [-0.05, 0) is 60.2 Å². The fraction of sp³-hybridized carbons (Fsp3) is 0.179. The Morgan fingerprint density at radius 3 is 2.11 bits per heavy atom. The number of pyridine rings is 1. The van der Waals surface area contributed by atoms with E-state index in [4.69, 9.17) is 33.1 Å². The van der Waals surface area contributed by atoms with E-state index in [0.29, 0.717) is 15.6 Å². The Balaban J connectivity index is 0.000000505. The summed E-state index contributed by atoms with van der Waals surface area (Å²) in [4.78, 5) is 25.0. The number of carboxylic acids is 1. The van der Waals surface area contributed by atoms with Crippen molar-refractivity contribution >= 4 is 45.9 Å². The van der Waals surface area contributed by atoms with Gasteiger partial charge in [0.15, 0.2) is 12.4 Å². The molecule has 4 aromatic rings. The molecule has 0 aliphatic heterocycles. The SMILES string of the molecule is C[C@@H](NC(=O)c1cccc2cc[nH+]cc12)[C@H](Cc1ccc(Cl)cc1)c1ccc(Cl)cc1.O=C([O-])C(F)(F)F. The van der Waals surface area contributed by atoms with Crippen LogP contribution in [-0.4, -0.2) is 24.1 Å². The molecule has 0 saturated carbocycles. The third-order valence-electron chi connectivity index (χ3n) is 5.83. The summed E-state index contributed by atoms with van der Waals surface area (Å²) in [6.07, 6.45) is -0.710. The normalized spacial score (nSPS) is 12.7. The van der Waals surface area contributed by atoms with Gasteiger partial charge in [-0.25, -0.2) is 4.98 Å². The van der Waals surface area contributed by atoms with Crippen LogP contribution in [0.5, 0.6) is 0 Å². The molecule has 2 atom stereocenters. The van der Waals surface area contributed by atoms with Gasteiger partial charge in [-0.1, -0.05) is 59.6 Å². The van der Waals surface area contributed by atoms with Crippen LogP contribution in [-0.2, 0) is 11.2 Å². The van der Waals surface area contributed by atoms with Crippen LogP contribution in [0.1, 0.15) is 34.3 Å². The summed E-state index contributed by atoms with van der Waals surface area (Å²) >= 11 is 12.2. The molecule has 2 N–H and O–H groups in total. The molecule has 10 heteroatoms. The van der Waals surface area contributed by atoms with Gasteiger partial charge in [0.1, 0.15) is 5.97 Å². The van der Waals surface area contributed by atoms with Crippen molar-refractivity contribution in [2.45, 2.75) is 31.5 Å². The Morgan fingerprint density at radius 1 is 0.947 bits per heavy atom. The molecule has 4 rings (SSSR count). The van der Waals surface area contributed by atoms with Gasteiger partial charge in [0.05, 0.1) is 10.9 Å². The van der Waals surface area contributed by atoms with Crippen LogP contribution in [0.4, 0.5) is 13.2 Å². The molecule has 1 amide bonds. The van der Waals surface area contributed by atoms with Crippen molar-refractivity contribution in [3.63, 3.8) is 0 Å². The highest BCUT2D eigenvalue weighted by atomic mass is 35.5. The van der Waals surface area contributed by atoms with Crippen molar-refractivity contribution in [3.8, 4) is 0 Å². The van der Waals surface area contributed by atoms with Crippen molar-refractivity contribution in [2.24, 2.45) is 0 Å². The minimum Gasteiger partial charge on any atom is -0.542 e. The number of rotatable bonds is 6. The Bertz CT molecular complexity index is 1390. The number of nitrogens with one attached hydrogen (secondary N) is 2. The zero-order valence-electron chi connectivity index (χ0n) is 20.1. The summed E-state index contributed by atoms with van der Waals surface area (Å²) in [5, 5.41) is 15.3. The van der Waals surface area contributed by atoms with Gasteiger partial charge in [-0.3, -0.25) is 4.79 Å². The molecule has 3 aromatic carbocycles. The third-order valence-corrected chi connectivity index (χ3v) is 6.34. The summed E-state index contributed by atoms with van der Waals surface area (Å²) in [7, 11) is 0. The Kier molecular flexibility index (Phi) is 9.72. The van der Waals surface area contributed by atoms with E-state index >= 15 is 0 Å². The first kappa shape index (κ1) is 28.9. The van der Waals surface area contributed by atoms with E-state index in [-0.39, 0.29) is 17.9 Å². The highest BCUT2D eigenvalue weighted by molar-refractivity contribution is 6.30. The molecule has 0 saturated heterocycles. The van der Waals surface area contributed by atoms with Crippen LogP contribution in [0.2, 0.25) is 10.0 Å². The lowest BCUT2D eigenvalue weighted by atomic mass is 9.86. The van der Waals surface area contributed by atoms with Crippen molar-refractivity contribution in [1.82, 2.24) is 5.32 Å². The first-order valence-corrected chi connectivity index (χ1v) is 12.2. The summed E-state index contributed by atoms with van der Waals surface area (Å²) in [5.74, 6) is -3.02. The summed E-state index contributed by atoms with van der Waals surface area (Å²) in [6.45, 7) is 2.05. The Labute approximate surface area is 227 Å². The number of aromatic amines is 1. The average Bonchev–Trinajstić information content (AvgIpc) is 2.88. The Hall–Kier alpha value is -3.62. The van der Waals surface area contributed by atoms with Gasteiger partial charge in [0.2, 0.25) is 0 Å². The maximum atomic E-state index is 13.2. The molecule has 0 unspecified atom stereocenters. The van der Waals surface area contributed by atoms with Crippen molar-refractivity contribution < 1.29 is 32.9 Å². The van der Waals surface area contributed by atoms with E-state index in [1.54, 1.807) is 0 Å². The lowest BCUT2D eigenvalue weighted by Crippen LogP contribution is -2.38. The number of aromatic nitrogens is 1. The van der Waals surface area contributed by atoms with Crippen LogP contribution in [0.15, 0.2) is 85.2 Å². The van der Waals surface area contributed by atoms with E-state index < -0.39 is 12.1 Å². The second kappa shape index (κ2) is 12.8. The number of carbonyl (C=O) groups is 2. The van der Waals surface area contributed by atoms with Crippen LogP contribution in [0, 0.1) is 0 Å². The van der Waals surface area contributed by atoms with Crippen LogP contribution < -0.4 is 15.4 Å². The number of benzene rings is 3. The third kappa shape index (κ3) is 7.94. The first-order valence-electron chi connectivity index (χ1n) is 11.4. The minimum atomic E-state index is -5.19. The number of carbonyl (C=O) groups excluding carboxylic acids is 2. The van der Waals surface area contributed by atoms with Gasteiger partial charge < -0.3 is 15.2 Å². The van der Waals surface area contributed by atoms with Gasteiger partial charge in [-0.15, -0.1) is 0 Å². The lowest BCUT2D eigenvalue weighted by Gasteiger charge is -2.26. The van der Waals surface area contributed by atoms with Crippen LogP contribution in [0.3, 0.4) is 0 Å². The first-order chi connectivity index (χ1) is 18.0. The molecule has 38 heavy (non-hydrogen) atoms. The van der Waals surface area contributed by atoms with Crippen LogP contribution in [0.25, 0.3) is 10.8 Å². The van der Waals surface area contributed by atoms with Crippen molar-refractivity contribution in [1.29, 1.82) is 0 Å². The number of hydrogen-bond donors (Lipinski definition) is 1. The molecule has 0 bridgehead atoms. The molecule has 0 spiro atoms. The monoisotopic (exact) mass is 562 g/mol. The molecule has 0 radical (unpaired) electrons. The number of amides is 1. The number of hydrogen-bond acceptors (Lipinski definition) is 3. The number of alkyl halides is 3. The quantitative estimate of drug-likeness (QED) is 0.341. The smallest absolute Gasteiger partial charge is 0.430 e. The zero-order valence-corrected chi connectivity index (χ0v) is 21.6. The number of fused-ring (bicyclic) bond motifs is 1. The molecule has 1 aromatic heterocycles. The predicted molar refractivity (Wildman–Crippen MR) is 138 cm³/mol. The fourth-order valence-corrected chi connectivity index (χ4v) is 4.16. The minimum absolute atomic E-state index is 0.0731. The molecule has 0 fully saturated rings. The molecular formula is C28H23Cl2F3N2O3. The number of carboxylic acid groups (broad SMARTS) is 1. The van der Waals surface area contributed by atoms with Crippen LogP contribution >= 0.6 is 23.2 Å². The molecule has 0 aliphatic rings. The van der Waals surface area contributed by atoms with E-state index in [1.165, 1.54) is 0 Å². The van der Waals surface area contributed by atoms with E-state index in [2.05, 4.69) is 10.3 Å². The highest BCUT2D eigenvalue weighted by Crippen LogP contribution is 2.27. The highest BCUT2D eigenvalue weighted by Gasteiger charge is 2.29. The molecule has 198 valence electrons. The zero-order chi connectivity index (χ0) is 27.9. The second-order valence-electron chi connectivity index (χ2n) is 8.49. The largest absolute Gasteiger partial charge is 0.542 e. The van der Waals surface area contributed by atoms with E-state index in [9.17, 15) is 18.0 Å². The molecule has 0 aliphatic carbocycles. The standard InChI is InChI=1S/C26H22Cl2N2O.C2HF3O2/c1-17(30-26(31)23-4-2-3-19-13-14-29-16-25(19)23)24(20-7-11-22(28)12-8-20)15-18-5-9-21(27)10-6-18;3-2(4,5)1(6)7/h2-14,16-17,24H,15H2,1H3,(H,30,31);(H,6,7)/t17-,24+;/m1./s1. The molecule has 5 nitrogen and oxygen atoms in total. The Morgan fingerprint density at radius 2 is 1.53 bits per heavy atom. The maximum Gasteiger partial charge on any atom is 0.430 e. The fourth-order valence-electron chi connectivity index (χ4n) is 3.91. The van der Waals surface area contributed by atoms with E-state index in [0.717, 1.165) is 28.3 Å². The maximum absolute atomic E-state index is 13.2.